The molecule has 3 unspecified atom stereocenters. The van der Waals surface area contributed by atoms with E-state index in [9.17, 15) is 9.90 Å². The number of hydrogen-bond donors (Lipinski definition) is 3. The van der Waals surface area contributed by atoms with Gasteiger partial charge in [0, 0.05) is 37.8 Å². The van der Waals surface area contributed by atoms with E-state index in [1.807, 2.05) is 25.7 Å². The molecule has 0 aromatic rings. The largest absolute Gasteiger partial charge is 0.444 e. The fourth-order valence-corrected chi connectivity index (χ4v) is 4.56. The topological polar surface area (TPSA) is 86.2 Å². The molecule has 2 heterocycles. The monoisotopic (exact) mass is 538 g/mol. The highest BCUT2D eigenvalue weighted by Gasteiger charge is 2.45. The number of ether oxygens (including phenoxy) is 1. The first kappa shape index (κ1) is 27.3. The van der Waals surface area contributed by atoms with Crippen LogP contribution in [0.5, 0.6) is 0 Å². The van der Waals surface area contributed by atoms with Crippen molar-refractivity contribution in [1.29, 1.82) is 0 Å². The summed E-state index contributed by atoms with van der Waals surface area (Å²) in [6.45, 7) is 11.8. The fourth-order valence-electron chi connectivity index (χ4n) is 4.56. The molecule has 2 saturated heterocycles. The first-order valence-corrected chi connectivity index (χ1v) is 11.4. The first-order valence-electron chi connectivity index (χ1n) is 11.4. The minimum atomic E-state index is -0.458. The highest BCUT2D eigenvalue weighted by Crippen LogP contribution is 2.36. The van der Waals surface area contributed by atoms with Crippen LogP contribution in [0.1, 0.15) is 79.6 Å². The fraction of sp³-hybridized carbons (Fsp3) is 0.909. The van der Waals surface area contributed by atoms with Gasteiger partial charge in [0.25, 0.3) is 0 Å². The van der Waals surface area contributed by atoms with Gasteiger partial charge in [-0.1, -0.05) is 13.3 Å². The molecule has 3 N–H and O–H groups in total. The summed E-state index contributed by atoms with van der Waals surface area (Å²) in [6.07, 6.45) is 6.77. The van der Waals surface area contributed by atoms with Gasteiger partial charge in [0.15, 0.2) is 5.96 Å². The summed E-state index contributed by atoms with van der Waals surface area (Å²) in [5.74, 6) is 1.27. The summed E-state index contributed by atoms with van der Waals surface area (Å²) >= 11 is 0. The second-order valence-electron chi connectivity index (χ2n) is 9.47. The van der Waals surface area contributed by atoms with Gasteiger partial charge in [-0.2, -0.15) is 0 Å². The summed E-state index contributed by atoms with van der Waals surface area (Å²) in [6, 6.07) is 0.795. The van der Waals surface area contributed by atoms with Crippen LogP contribution in [0.25, 0.3) is 0 Å². The van der Waals surface area contributed by atoms with Crippen LogP contribution in [0.4, 0.5) is 4.79 Å². The van der Waals surface area contributed by atoms with Crippen LogP contribution in [0.3, 0.4) is 0 Å². The van der Waals surface area contributed by atoms with Crippen molar-refractivity contribution in [3.8, 4) is 0 Å². The van der Waals surface area contributed by atoms with Gasteiger partial charge in [0.1, 0.15) is 5.60 Å². The zero-order valence-electron chi connectivity index (χ0n) is 19.4. The zero-order valence-corrected chi connectivity index (χ0v) is 21.8. The minimum absolute atomic E-state index is 0. The van der Waals surface area contributed by atoms with Crippen molar-refractivity contribution in [3.05, 3.63) is 0 Å². The van der Waals surface area contributed by atoms with Gasteiger partial charge in [-0.05, 0) is 72.1 Å². The van der Waals surface area contributed by atoms with Crippen LogP contribution in [0.15, 0.2) is 4.99 Å². The molecule has 2 aliphatic heterocycles. The Balaban J connectivity index is 0.00000450. The number of halogens is 1. The van der Waals surface area contributed by atoms with E-state index in [0.29, 0.717) is 12.0 Å². The van der Waals surface area contributed by atoms with E-state index in [4.69, 9.17) is 9.73 Å². The molecule has 2 fully saturated rings. The molecule has 2 aliphatic rings. The van der Waals surface area contributed by atoms with Crippen LogP contribution in [0, 0.1) is 5.92 Å². The summed E-state index contributed by atoms with van der Waals surface area (Å²) < 4.78 is 5.63. The Morgan fingerprint density at radius 1 is 1.20 bits per heavy atom. The van der Waals surface area contributed by atoms with E-state index in [-0.39, 0.29) is 48.8 Å². The highest BCUT2D eigenvalue weighted by atomic mass is 127. The minimum Gasteiger partial charge on any atom is -0.444 e. The van der Waals surface area contributed by atoms with Crippen molar-refractivity contribution in [3.63, 3.8) is 0 Å². The molecule has 0 aromatic carbocycles. The molecule has 30 heavy (non-hydrogen) atoms. The Kier molecular flexibility index (Phi) is 11.8. The molecular weight excluding hydrogens is 495 g/mol. The van der Waals surface area contributed by atoms with Crippen molar-refractivity contribution in [2.24, 2.45) is 10.9 Å². The Bertz CT molecular complexity index is 533. The van der Waals surface area contributed by atoms with E-state index >= 15 is 0 Å². The standard InChI is InChI=1S/C22H42N4O3.HI/c1-6-8-16(11-12-27)15-24-20(23-7-2)25-17-13-18-9-10-19(14-17)26(18)21(28)29-22(3,4)5;/h16-19,27H,6-15H2,1-5H3,(H2,23,24,25);1H. The van der Waals surface area contributed by atoms with Crippen molar-refractivity contribution < 1.29 is 14.6 Å². The number of guanidine groups is 1. The van der Waals surface area contributed by atoms with Gasteiger partial charge in [-0.25, -0.2) is 4.79 Å². The molecule has 176 valence electrons. The molecule has 0 radical (unpaired) electrons. The third kappa shape index (κ3) is 8.40. The molecule has 7 nitrogen and oxygen atoms in total. The molecule has 0 aliphatic carbocycles. The maximum atomic E-state index is 12.6. The lowest BCUT2D eigenvalue weighted by molar-refractivity contribution is 0.00545. The van der Waals surface area contributed by atoms with E-state index in [1.165, 1.54) is 0 Å². The number of carbonyl (C=O) groups is 1. The summed E-state index contributed by atoms with van der Waals surface area (Å²) in [5, 5.41) is 16.2. The number of aliphatic hydroxyl groups excluding tert-OH is 1. The number of carbonyl (C=O) groups excluding carboxylic acids is 1. The number of nitrogens with one attached hydrogen (secondary N) is 2. The van der Waals surface area contributed by atoms with Gasteiger partial charge < -0.3 is 25.4 Å². The predicted molar refractivity (Wildman–Crippen MR) is 133 cm³/mol. The van der Waals surface area contributed by atoms with Gasteiger partial charge in [0.05, 0.1) is 0 Å². The maximum Gasteiger partial charge on any atom is 0.410 e. The third-order valence-corrected chi connectivity index (χ3v) is 5.76. The molecule has 1 amide bonds. The molecule has 2 bridgehead atoms. The summed E-state index contributed by atoms with van der Waals surface area (Å²) in [7, 11) is 0. The number of fused-ring (bicyclic) bond motifs is 2. The van der Waals surface area contributed by atoms with Crippen LogP contribution >= 0.6 is 24.0 Å². The highest BCUT2D eigenvalue weighted by molar-refractivity contribution is 14.0. The number of piperidine rings is 1. The Hall–Kier alpha value is -0.770. The molecule has 2 rings (SSSR count). The smallest absolute Gasteiger partial charge is 0.410 e. The first-order chi connectivity index (χ1) is 13.8. The van der Waals surface area contributed by atoms with Crippen molar-refractivity contribution in [2.75, 3.05) is 19.7 Å². The number of aliphatic imine (C=N–C) groups is 1. The lowest BCUT2D eigenvalue weighted by atomic mass is 9.98. The number of hydrogen-bond acceptors (Lipinski definition) is 4. The van der Waals surface area contributed by atoms with E-state index in [0.717, 1.165) is 64.0 Å². The molecule has 0 saturated carbocycles. The van der Waals surface area contributed by atoms with Crippen LogP contribution in [-0.4, -0.2) is 65.5 Å². The van der Waals surface area contributed by atoms with Crippen molar-refractivity contribution in [1.82, 2.24) is 15.5 Å². The lowest BCUT2D eigenvalue weighted by Crippen LogP contribution is -2.55. The van der Waals surface area contributed by atoms with E-state index in [2.05, 4.69) is 24.5 Å². The average molecular weight is 539 g/mol. The summed E-state index contributed by atoms with van der Waals surface area (Å²) in [4.78, 5) is 19.4. The van der Waals surface area contributed by atoms with Gasteiger partial charge in [-0.15, -0.1) is 24.0 Å². The van der Waals surface area contributed by atoms with Gasteiger partial charge in [0.2, 0.25) is 0 Å². The zero-order chi connectivity index (χ0) is 21.4. The van der Waals surface area contributed by atoms with Gasteiger partial charge >= 0.3 is 6.09 Å². The number of rotatable bonds is 8. The third-order valence-electron chi connectivity index (χ3n) is 5.76. The lowest BCUT2D eigenvalue weighted by Gasteiger charge is -2.40. The molecule has 0 spiro atoms. The number of amides is 1. The Morgan fingerprint density at radius 3 is 2.33 bits per heavy atom. The Morgan fingerprint density at radius 2 is 1.83 bits per heavy atom. The summed E-state index contributed by atoms with van der Waals surface area (Å²) in [5.41, 5.74) is -0.458. The second-order valence-corrected chi connectivity index (χ2v) is 9.47. The Labute approximate surface area is 199 Å². The van der Waals surface area contributed by atoms with Crippen LogP contribution < -0.4 is 10.6 Å². The van der Waals surface area contributed by atoms with Crippen molar-refractivity contribution >= 4 is 36.0 Å². The van der Waals surface area contributed by atoms with E-state index in [1.54, 1.807) is 0 Å². The van der Waals surface area contributed by atoms with Gasteiger partial charge in [-0.3, -0.25) is 4.99 Å². The second kappa shape index (κ2) is 12.9. The average Bonchev–Trinajstić information content (AvgIpc) is 2.90. The molecule has 8 heteroatoms. The number of nitrogens with zero attached hydrogens (tertiary/aromatic N) is 2. The quantitative estimate of drug-likeness (QED) is 0.248. The predicted octanol–water partition coefficient (Wildman–Crippen LogP) is 3.89. The number of aliphatic hydroxyl groups is 1. The molecule has 3 atom stereocenters. The van der Waals surface area contributed by atoms with Crippen LogP contribution in [0.2, 0.25) is 0 Å². The maximum absolute atomic E-state index is 12.6. The van der Waals surface area contributed by atoms with Crippen molar-refractivity contribution in [2.45, 2.75) is 103 Å². The normalized spacial score (nSPS) is 24.8. The SMILES string of the molecule is CCCC(CCO)CN=C(NCC)NC1CC2CCC(C1)N2C(=O)OC(C)(C)C.I. The van der Waals surface area contributed by atoms with Crippen LogP contribution in [-0.2, 0) is 4.74 Å². The molecular formula is C22H43IN4O3. The van der Waals surface area contributed by atoms with E-state index < -0.39 is 5.60 Å². The molecule has 0 aromatic heterocycles.